The SMILES string of the molecule is COCCCC(=O)Nc1ccc(Br)c(N)c1. The molecule has 4 nitrogen and oxygen atoms in total. The molecule has 0 radical (unpaired) electrons. The molecular formula is C11H15BrN2O2. The first-order valence-electron chi connectivity index (χ1n) is 4.97. The Bertz CT molecular complexity index is 369. The fourth-order valence-electron chi connectivity index (χ4n) is 1.22. The van der Waals surface area contributed by atoms with Crippen molar-refractivity contribution in [2.75, 3.05) is 24.8 Å². The standard InChI is InChI=1S/C11H15BrN2O2/c1-16-6-2-3-11(15)14-8-4-5-9(12)10(13)7-8/h4-5,7H,2-3,6,13H2,1H3,(H,14,15). The minimum absolute atomic E-state index is 0.0289. The summed E-state index contributed by atoms with van der Waals surface area (Å²) >= 11 is 3.29. The molecule has 1 aromatic carbocycles. The van der Waals surface area contributed by atoms with E-state index in [1.165, 1.54) is 0 Å². The molecule has 0 fully saturated rings. The van der Waals surface area contributed by atoms with Crippen LogP contribution in [0, 0.1) is 0 Å². The number of benzene rings is 1. The Hall–Kier alpha value is -1.07. The Morgan fingerprint density at radius 3 is 2.94 bits per heavy atom. The van der Waals surface area contributed by atoms with Crippen molar-refractivity contribution in [3.63, 3.8) is 0 Å². The Labute approximate surface area is 103 Å². The van der Waals surface area contributed by atoms with Gasteiger partial charge in [0.2, 0.25) is 5.91 Å². The highest BCUT2D eigenvalue weighted by Gasteiger charge is 2.03. The summed E-state index contributed by atoms with van der Waals surface area (Å²) in [6.45, 7) is 0.593. The van der Waals surface area contributed by atoms with Crippen molar-refractivity contribution < 1.29 is 9.53 Å². The zero-order chi connectivity index (χ0) is 12.0. The van der Waals surface area contributed by atoms with E-state index < -0.39 is 0 Å². The van der Waals surface area contributed by atoms with Crippen molar-refractivity contribution >= 4 is 33.2 Å². The average Bonchev–Trinajstić information content (AvgIpc) is 2.24. The molecule has 0 spiro atoms. The molecule has 0 bridgehead atoms. The smallest absolute Gasteiger partial charge is 0.224 e. The lowest BCUT2D eigenvalue weighted by Crippen LogP contribution is -2.12. The molecule has 16 heavy (non-hydrogen) atoms. The monoisotopic (exact) mass is 286 g/mol. The zero-order valence-electron chi connectivity index (χ0n) is 9.13. The van der Waals surface area contributed by atoms with Crippen LogP contribution in [0.15, 0.2) is 22.7 Å². The normalized spacial score (nSPS) is 10.1. The summed E-state index contributed by atoms with van der Waals surface area (Å²) in [6.07, 6.45) is 1.16. The van der Waals surface area contributed by atoms with Crippen molar-refractivity contribution in [2.24, 2.45) is 0 Å². The fraction of sp³-hybridized carbons (Fsp3) is 0.364. The van der Waals surface area contributed by atoms with Gasteiger partial charge in [0, 0.05) is 36.0 Å². The average molecular weight is 287 g/mol. The van der Waals surface area contributed by atoms with Gasteiger partial charge in [-0.15, -0.1) is 0 Å². The van der Waals surface area contributed by atoms with E-state index in [-0.39, 0.29) is 5.91 Å². The number of anilines is 2. The third kappa shape index (κ3) is 4.20. The third-order valence-electron chi connectivity index (χ3n) is 2.03. The molecule has 0 unspecified atom stereocenters. The van der Waals surface area contributed by atoms with E-state index in [2.05, 4.69) is 21.2 Å². The Morgan fingerprint density at radius 2 is 2.31 bits per heavy atom. The Balaban J connectivity index is 2.46. The minimum atomic E-state index is -0.0289. The van der Waals surface area contributed by atoms with Crippen LogP contribution in [-0.4, -0.2) is 19.6 Å². The molecule has 1 amide bonds. The highest BCUT2D eigenvalue weighted by Crippen LogP contribution is 2.22. The lowest BCUT2D eigenvalue weighted by Gasteiger charge is -2.06. The number of carbonyl (C=O) groups excluding carboxylic acids is 1. The van der Waals surface area contributed by atoms with Crippen LogP contribution in [0.4, 0.5) is 11.4 Å². The van der Waals surface area contributed by atoms with E-state index in [0.717, 1.165) is 4.47 Å². The van der Waals surface area contributed by atoms with Crippen molar-refractivity contribution in [1.29, 1.82) is 0 Å². The van der Waals surface area contributed by atoms with Gasteiger partial charge < -0.3 is 15.8 Å². The van der Waals surface area contributed by atoms with E-state index in [9.17, 15) is 4.79 Å². The van der Waals surface area contributed by atoms with Crippen LogP contribution >= 0.6 is 15.9 Å². The minimum Gasteiger partial charge on any atom is -0.398 e. The number of hydrogen-bond donors (Lipinski definition) is 2. The molecule has 0 saturated carbocycles. The van der Waals surface area contributed by atoms with Crippen LogP contribution in [0.5, 0.6) is 0 Å². The second-order valence-corrected chi connectivity index (χ2v) is 4.24. The maximum atomic E-state index is 11.5. The third-order valence-corrected chi connectivity index (χ3v) is 2.75. The molecule has 0 aliphatic rings. The molecule has 0 aromatic heterocycles. The van der Waals surface area contributed by atoms with E-state index in [4.69, 9.17) is 10.5 Å². The van der Waals surface area contributed by atoms with Gasteiger partial charge in [-0.05, 0) is 40.5 Å². The summed E-state index contributed by atoms with van der Waals surface area (Å²) in [5, 5.41) is 2.77. The van der Waals surface area contributed by atoms with Crippen molar-refractivity contribution in [3.05, 3.63) is 22.7 Å². The van der Waals surface area contributed by atoms with Crippen molar-refractivity contribution in [1.82, 2.24) is 0 Å². The molecule has 1 aromatic rings. The highest BCUT2D eigenvalue weighted by molar-refractivity contribution is 9.10. The zero-order valence-corrected chi connectivity index (χ0v) is 10.7. The number of amides is 1. The lowest BCUT2D eigenvalue weighted by atomic mass is 10.2. The first kappa shape index (κ1) is 13.0. The maximum absolute atomic E-state index is 11.5. The van der Waals surface area contributed by atoms with Crippen molar-refractivity contribution in [3.8, 4) is 0 Å². The van der Waals surface area contributed by atoms with Crippen LogP contribution in [0.3, 0.4) is 0 Å². The quantitative estimate of drug-likeness (QED) is 0.645. The van der Waals surface area contributed by atoms with Gasteiger partial charge in [-0.1, -0.05) is 0 Å². The van der Waals surface area contributed by atoms with Gasteiger partial charge in [0.15, 0.2) is 0 Å². The molecule has 0 aliphatic heterocycles. The first-order chi connectivity index (χ1) is 7.63. The number of nitrogen functional groups attached to an aromatic ring is 1. The molecule has 0 saturated heterocycles. The molecule has 0 aliphatic carbocycles. The van der Waals surface area contributed by atoms with Gasteiger partial charge >= 0.3 is 0 Å². The number of hydrogen-bond acceptors (Lipinski definition) is 3. The predicted octanol–water partition coefficient (Wildman–Crippen LogP) is 2.40. The second-order valence-electron chi connectivity index (χ2n) is 3.38. The van der Waals surface area contributed by atoms with E-state index in [1.54, 1.807) is 25.3 Å². The first-order valence-corrected chi connectivity index (χ1v) is 5.76. The molecular weight excluding hydrogens is 272 g/mol. The van der Waals surface area contributed by atoms with Gasteiger partial charge in [0.25, 0.3) is 0 Å². The van der Waals surface area contributed by atoms with Crippen molar-refractivity contribution in [2.45, 2.75) is 12.8 Å². The summed E-state index contributed by atoms with van der Waals surface area (Å²) in [4.78, 5) is 11.5. The Kier molecular flexibility index (Phi) is 5.28. The molecule has 3 N–H and O–H groups in total. The number of carbonyl (C=O) groups is 1. The van der Waals surface area contributed by atoms with E-state index in [1.807, 2.05) is 0 Å². The van der Waals surface area contributed by atoms with Crippen LogP contribution < -0.4 is 11.1 Å². The lowest BCUT2D eigenvalue weighted by molar-refractivity contribution is -0.116. The van der Waals surface area contributed by atoms with E-state index >= 15 is 0 Å². The van der Waals surface area contributed by atoms with Crippen LogP contribution in [0.1, 0.15) is 12.8 Å². The number of ether oxygens (including phenoxy) is 1. The molecule has 5 heteroatoms. The summed E-state index contributed by atoms with van der Waals surface area (Å²) in [6, 6.07) is 5.33. The van der Waals surface area contributed by atoms with Gasteiger partial charge in [-0.25, -0.2) is 0 Å². The highest BCUT2D eigenvalue weighted by atomic mass is 79.9. The fourth-order valence-corrected chi connectivity index (χ4v) is 1.47. The van der Waals surface area contributed by atoms with Crippen LogP contribution in [0.2, 0.25) is 0 Å². The summed E-state index contributed by atoms with van der Waals surface area (Å²) < 4.78 is 5.70. The van der Waals surface area contributed by atoms with E-state index in [0.29, 0.717) is 30.8 Å². The molecule has 1 rings (SSSR count). The van der Waals surface area contributed by atoms with Crippen LogP contribution in [-0.2, 0) is 9.53 Å². The van der Waals surface area contributed by atoms with Crippen LogP contribution in [0.25, 0.3) is 0 Å². The number of methoxy groups -OCH3 is 1. The number of rotatable bonds is 5. The van der Waals surface area contributed by atoms with Gasteiger partial charge in [-0.2, -0.15) is 0 Å². The second kappa shape index (κ2) is 6.50. The predicted molar refractivity (Wildman–Crippen MR) is 68.3 cm³/mol. The largest absolute Gasteiger partial charge is 0.398 e. The molecule has 0 atom stereocenters. The topological polar surface area (TPSA) is 64.3 Å². The number of nitrogens with one attached hydrogen (secondary N) is 1. The number of nitrogens with two attached hydrogens (primary N) is 1. The van der Waals surface area contributed by atoms with Gasteiger partial charge in [-0.3, -0.25) is 4.79 Å². The summed E-state index contributed by atoms with van der Waals surface area (Å²) in [5.41, 5.74) is 7.02. The number of halogens is 1. The molecule has 0 heterocycles. The molecule has 88 valence electrons. The van der Waals surface area contributed by atoms with Gasteiger partial charge in [0.05, 0.1) is 0 Å². The summed E-state index contributed by atoms with van der Waals surface area (Å²) in [7, 11) is 1.62. The van der Waals surface area contributed by atoms with Gasteiger partial charge in [0.1, 0.15) is 0 Å². The Morgan fingerprint density at radius 1 is 1.56 bits per heavy atom. The maximum Gasteiger partial charge on any atom is 0.224 e. The summed E-state index contributed by atoms with van der Waals surface area (Å²) in [5.74, 6) is -0.0289.